The van der Waals surface area contributed by atoms with Crippen LogP contribution in [0.4, 0.5) is 0 Å². The molecular formula is C32H35N3O6. The molecule has 2 N–H and O–H groups in total. The van der Waals surface area contributed by atoms with Crippen molar-refractivity contribution in [2.75, 3.05) is 40.5 Å². The van der Waals surface area contributed by atoms with E-state index in [0.717, 1.165) is 28.0 Å². The largest absolute Gasteiger partial charge is 0.493 e. The van der Waals surface area contributed by atoms with E-state index in [0.29, 0.717) is 36.5 Å². The van der Waals surface area contributed by atoms with Crippen LogP contribution in [0.1, 0.15) is 46.8 Å². The van der Waals surface area contributed by atoms with Crippen LogP contribution in [-0.2, 0) is 16.0 Å². The monoisotopic (exact) mass is 557 g/mol. The van der Waals surface area contributed by atoms with E-state index in [1.807, 2.05) is 36.4 Å². The molecular weight excluding hydrogens is 522 g/mol. The van der Waals surface area contributed by atoms with Crippen LogP contribution >= 0.6 is 0 Å². The minimum absolute atomic E-state index is 0.124. The minimum Gasteiger partial charge on any atom is -0.493 e. The maximum Gasteiger partial charge on any atom is 0.253 e. The van der Waals surface area contributed by atoms with Gasteiger partial charge < -0.3 is 29.7 Å². The van der Waals surface area contributed by atoms with Crippen molar-refractivity contribution < 1.29 is 28.6 Å². The first kappa shape index (κ1) is 28.0. The zero-order valence-corrected chi connectivity index (χ0v) is 23.4. The average Bonchev–Trinajstić information content (AvgIpc) is 3.00. The molecule has 4 bridgehead atoms. The predicted octanol–water partition coefficient (Wildman–Crippen LogP) is 3.91. The van der Waals surface area contributed by atoms with Crippen LogP contribution < -0.4 is 24.8 Å². The molecule has 3 amide bonds. The number of carbonyl (C=O) groups excluding carboxylic acids is 3. The van der Waals surface area contributed by atoms with E-state index in [1.54, 1.807) is 43.4 Å². The second-order valence-electron chi connectivity index (χ2n) is 10.1. The highest BCUT2D eigenvalue weighted by molar-refractivity contribution is 5.94. The molecule has 3 aromatic rings. The van der Waals surface area contributed by atoms with Gasteiger partial charge in [-0.2, -0.15) is 0 Å². The number of hydrogen-bond donors (Lipinski definition) is 2. The highest BCUT2D eigenvalue weighted by Crippen LogP contribution is 2.42. The number of benzene rings is 3. The van der Waals surface area contributed by atoms with Crippen molar-refractivity contribution in [2.24, 2.45) is 0 Å². The van der Waals surface area contributed by atoms with Crippen LogP contribution in [0.5, 0.6) is 17.2 Å². The Hall–Kier alpha value is -4.53. The molecule has 1 atom stereocenters. The van der Waals surface area contributed by atoms with Gasteiger partial charge in [0, 0.05) is 55.6 Å². The summed E-state index contributed by atoms with van der Waals surface area (Å²) in [4.78, 5) is 40.8. The number of nitrogens with zero attached hydrogens (tertiary/aromatic N) is 1. The van der Waals surface area contributed by atoms with Crippen LogP contribution in [0.25, 0.3) is 11.1 Å². The number of ether oxygens (including phenoxy) is 3. The number of rotatable bonds is 3. The van der Waals surface area contributed by atoms with Gasteiger partial charge in [0.25, 0.3) is 5.91 Å². The molecule has 214 valence electrons. The SMILES string of the molecule is COc1cc2cc(c1OC)-c1ccc3c(c1)C(CCO3)NC(=O)CCN(C(=O)c1ccccc1)CCNC(=O)CC2. The molecule has 0 saturated carbocycles. The van der Waals surface area contributed by atoms with Crippen LogP contribution in [0, 0.1) is 0 Å². The van der Waals surface area contributed by atoms with Crippen molar-refractivity contribution in [2.45, 2.75) is 31.7 Å². The smallest absolute Gasteiger partial charge is 0.253 e. The van der Waals surface area contributed by atoms with E-state index in [9.17, 15) is 14.4 Å². The molecule has 2 aliphatic rings. The first-order valence-electron chi connectivity index (χ1n) is 13.9. The summed E-state index contributed by atoms with van der Waals surface area (Å²) in [6.45, 7) is 1.29. The van der Waals surface area contributed by atoms with Gasteiger partial charge in [-0.25, -0.2) is 0 Å². The number of fused-ring (bicyclic) bond motifs is 4. The molecule has 9 heteroatoms. The normalized spacial score (nSPS) is 17.7. The topological polar surface area (TPSA) is 106 Å². The van der Waals surface area contributed by atoms with E-state index in [1.165, 1.54) is 0 Å². The molecule has 1 unspecified atom stereocenters. The van der Waals surface area contributed by atoms with Gasteiger partial charge in [0.1, 0.15) is 5.75 Å². The molecule has 0 aromatic heterocycles. The van der Waals surface area contributed by atoms with Gasteiger partial charge in [-0.3, -0.25) is 14.4 Å². The first-order valence-corrected chi connectivity index (χ1v) is 13.9. The minimum atomic E-state index is -0.237. The van der Waals surface area contributed by atoms with Crippen molar-refractivity contribution in [1.29, 1.82) is 0 Å². The number of nitrogens with one attached hydrogen (secondary N) is 2. The van der Waals surface area contributed by atoms with E-state index in [4.69, 9.17) is 14.2 Å². The fraction of sp³-hybridized carbons (Fsp3) is 0.344. The van der Waals surface area contributed by atoms with Crippen LogP contribution in [0.15, 0.2) is 60.7 Å². The molecule has 0 aliphatic carbocycles. The fourth-order valence-electron chi connectivity index (χ4n) is 5.35. The maximum atomic E-state index is 13.3. The highest BCUT2D eigenvalue weighted by Gasteiger charge is 2.26. The summed E-state index contributed by atoms with van der Waals surface area (Å²) < 4.78 is 17.3. The van der Waals surface area contributed by atoms with Crippen molar-refractivity contribution in [3.05, 3.63) is 77.4 Å². The summed E-state index contributed by atoms with van der Waals surface area (Å²) in [5.74, 6) is 1.42. The van der Waals surface area contributed by atoms with E-state index in [2.05, 4.69) is 10.6 Å². The zero-order valence-electron chi connectivity index (χ0n) is 23.4. The van der Waals surface area contributed by atoms with Crippen molar-refractivity contribution in [1.82, 2.24) is 15.5 Å². The summed E-state index contributed by atoms with van der Waals surface area (Å²) in [6.07, 6.45) is 1.52. The Balaban J connectivity index is 1.49. The number of methoxy groups -OCH3 is 2. The van der Waals surface area contributed by atoms with Gasteiger partial charge in [-0.15, -0.1) is 0 Å². The number of hydrogen-bond acceptors (Lipinski definition) is 6. The van der Waals surface area contributed by atoms with Gasteiger partial charge >= 0.3 is 0 Å². The lowest BCUT2D eigenvalue weighted by molar-refractivity contribution is -0.123. The predicted molar refractivity (Wildman–Crippen MR) is 154 cm³/mol. The van der Waals surface area contributed by atoms with Crippen LogP contribution in [0.3, 0.4) is 0 Å². The molecule has 41 heavy (non-hydrogen) atoms. The molecule has 3 aromatic carbocycles. The average molecular weight is 558 g/mol. The summed E-state index contributed by atoms with van der Waals surface area (Å²) in [5, 5.41) is 6.08. The third kappa shape index (κ3) is 6.45. The van der Waals surface area contributed by atoms with Crippen LogP contribution in [0.2, 0.25) is 0 Å². The second kappa shape index (κ2) is 12.8. The molecule has 5 rings (SSSR count). The number of carbonyl (C=O) groups is 3. The van der Waals surface area contributed by atoms with Crippen molar-refractivity contribution in [3.63, 3.8) is 0 Å². The van der Waals surface area contributed by atoms with Crippen molar-refractivity contribution >= 4 is 17.7 Å². The Labute approximate surface area is 239 Å². The third-order valence-electron chi connectivity index (χ3n) is 7.50. The lowest BCUT2D eigenvalue weighted by atomic mass is 9.93. The molecule has 2 heterocycles. The second-order valence-corrected chi connectivity index (χ2v) is 10.1. The van der Waals surface area contributed by atoms with Gasteiger partial charge in [-0.1, -0.05) is 24.3 Å². The third-order valence-corrected chi connectivity index (χ3v) is 7.50. The Bertz CT molecular complexity index is 1420. The summed E-state index contributed by atoms with van der Waals surface area (Å²) >= 11 is 0. The van der Waals surface area contributed by atoms with Gasteiger partial charge in [0.15, 0.2) is 11.5 Å². The van der Waals surface area contributed by atoms with Gasteiger partial charge in [0.05, 0.1) is 26.9 Å². The Morgan fingerprint density at radius 1 is 0.927 bits per heavy atom. The Morgan fingerprint density at radius 2 is 1.76 bits per heavy atom. The first-order chi connectivity index (χ1) is 20.0. The Kier molecular flexibility index (Phi) is 8.72. The summed E-state index contributed by atoms with van der Waals surface area (Å²) in [5.41, 5.74) is 4.06. The molecule has 0 saturated heterocycles. The Morgan fingerprint density at radius 3 is 2.54 bits per heavy atom. The number of aryl methyl sites for hydroxylation is 1. The van der Waals surface area contributed by atoms with E-state index >= 15 is 0 Å². The quantitative estimate of drug-likeness (QED) is 0.506. The molecule has 0 spiro atoms. The zero-order chi connectivity index (χ0) is 28.8. The molecule has 0 radical (unpaired) electrons. The highest BCUT2D eigenvalue weighted by atomic mass is 16.5. The van der Waals surface area contributed by atoms with Gasteiger partial charge in [-0.05, 0) is 53.9 Å². The van der Waals surface area contributed by atoms with Crippen molar-refractivity contribution in [3.8, 4) is 28.4 Å². The standard InChI is InChI=1S/C32H35N3O6/c1-39-28-19-21-8-11-29(36)33-14-16-35(32(38)22-6-4-3-5-7-22)15-12-30(37)34-26-13-17-41-27-10-9-23(20-25(26)27)24(18-21)31(28)40-2/h3-7,9-10,18-20,26H,8,11-17H2,1-2H3,(H,33,36)(H,34,37). The maximum absolute atomic E-state index is 13.3. The molecule has 9 nitrogen and oxygen atoms in total. The van der Waals surface area contributed by atoms with E-state index < -0.39 is 0 Å². The van der Waals surface area contributed by atoms with E-state index in [-0.39, 0.29) is 56.2 Å². The fourth-order valence-corrected chi connectivity index (χ4v) is 5.35. The number of amides is 3. The lowest BCUT2D eigenvalue weighted by Crippen LogP contribution is -2.41. The van der Waals surface area contributed by atoms with Crippen LogP contribution in [-0.4, -0.2) is 63.1 Å². The summed E-state index contributed by atoms with van der Waals surface area (Å²) in [6, 6.07) is 18.5. The van der Waals surface area contributed by atoms with Gasteiger partial charge in [0.2, 0.25) is 11.8 Å². The molecule has 0 fully saturated rings. The lowest BCUT2D eigenvalue weighted by Gasteiger charge is -2.28. The summed E-state index contributed by atoms with van der Waals surface area (Å²) in [7, 11) is 3.19. The molecule has 2 aliphatic heterocycles.